The van der Waals surface area contributed by atoms with Gasteiger partial charge in [-0.2, -0.15) is 0 Å². The normalized spacial score (nSPS) is 10.2. The van der Waals surface area contributed by atoms with Crippen LogP contribution in [0.5, 0.6) is 5.75 Å². The number of rotatable bonds is 7. The van der Waals surface area contributed by atoms with Crippen LogP contribution in [-0.4, -0.2) is 28.4 Å². The van der Waals surface area contributed by atoms with E-state index in [4.69, 9.17) is 4.74 Å². The molecule has 2 N–H and O–H groups in total. The SMILES string of the molecule is CCOc1ccc(NC(=O)c2cc(C(=O)NCc3ccccn3)ccn2)cc1. The van der Waals surface area contributed by atoms with E-state index in [0.29, 0.717) is 24.4 Å². The van der Waals surface area contributed by atoms with Crippen molar-refractivity contribution >= 4 is 17.5 Å². The average Bonchev–Trinajstić information content (AvgIpc) is 2.74. The van der Waals surface area contributed by atoms with Crippen molar-refractivity contribution < 1.29 is 14.3 Å². The maximum atomic E-state index is 12.4. The lowest BCUT2D eigenvalue weighted by molar-refractivity contribution is 0.0950. The van der Waals surface area contributed by atoms with Crippen LogP contribution in [0, 0.1) is 0 Å². The number of pyridine rings is 2. The second-order valence-corrected chi connectivity index (χ2v) is 5.85. The molecule has 1 aromatic carbocycles. The summed E-state index contributed by atoms with van der Waals surface area (Å²) in [6.07, 6.45) is 3.10. The van der Waals surface area contributed by atoms with Gasteiger partial charge in [0.25, 0.3) is 11.8 Å². The van der Waals surface area contributed by atoms with Gasteiger partial charge in [-0.05, 0) is 55.5 Å². The number of carbonyl (C=O) groups is 2. The number of hydrogen-bond acceptors (Lipinski definition) is 5. The van der Waals surface area contributed by atoms with Crippen molar-refractivity contribution in [3.8, 4) is 5.75 Å². The van der Waals surface area contributed by atoms with Crippen molar-refractivity contribution in [2.24, 2.45) is 0 Å². The summed E-state index contributed by atoms with van der Waals surface area (Å²) in [5.41, 5.74) is 1.86. The fourth-order valence-electron chi connectivity index (χ4n) is 2.47. The number of carbonyl (C=O) groups excluding carboxylic acids is 2. The van der Waals surface area contributed by atoms with Crippen molar-refractivity contribution in [3.63, 3.8) is 0 Å². The third-order valence-corrected chi connectivity index (χ3v) is 3.83. The van der Waals surface area contributed by atoms with Crippen molar-refractivity contribution in [1.82, 2.24) is 15.3 Å². The molecule has 2 aromatic heterocycles. The number of ether oxygens (including phenoxy) is 1. The largest absolute Gasteiger partial charge is 0.494 e. The van der Waals surface area contributed by atoms with Crippen LogP contribution in [0.15, 0.2) is 67.0 Å². The third kappa shape index (κ3) is 5.14. The van der Waals surface area contributed by atoms with E-state index < -0.39 is 5.91 Å². The Bertz CT molecular complexity index is 943. The molecule has 0 atom stereocenters. The maximum absolute atomic E-state index is 12.4. The monoisotopic (exact) mass is 376 g/mol. The van der Waals surface area contributed by atoms with Gasteiger partial charge in [0.2, 0.25) is 0 Å². The molecular formula is C21H20N4O3. The van der Waals surface area contributed by atoms with Gasteiger partial charge in [0, 0.05) is 23.6 Å². The van der Waals surface area contributed by atoms with Gasteiger partial charge in [-0.25, -0.2) is 0 Å². The van der Waals surface area contributed by atoms with Crippen LogP contribution in [0.3, 0.4) is 0 Å². The summed E-state index contributed by atoms with van der Waals surface area (Å²) >= 11 is 0. The smallest absolute Gasteiger partial charge is 0.274 e. The van der Waals surface area contributed by atoms with Crippen LogP contribution in [-0.2, 0) is 6.54 Å². The van der Waals surface area contributed by atoms with Gasteiger partial charge < -0.3 is 15.4 Å². The Hall–Kier alpha value is -3.74. The fourth-order valence-corrected chi connectivity index (χ4v) is 2.47. The molecule has 3 rings (SSSR count). The molecule has 7 heteroatoms. The van der Waals surface area contributed by atoms with Gasteiger partial charge in [-0.1, -0.05) is 6.07 Å². The molecule has 7 nitrogen and oxygen atoms in total. The van der Waals surface area contributed by atoms with Crippen molar-refractivity contribution in [1.29, 1.82) is 0 Å². The molecule has 0 radical (unpaired) electrons. The van der Waals surface area contributed by atoms with Crippen LogP contribution in [0.2, 0.25) is 0 Å². The molecule has 0 unspecified atom stereocenters. The highest BCUT2D eigenvalue weighted by Gasteiger charge is 2.12. The number of aromatic nitrogens is 2. The van der Waals surface area contributed by atoms with Gasteiger partial charge in [-0.15, -0.1) is 0 Å². The molecule has 2 heterocycles. The highest BCUT2D eigenvalue weighted by atomic mass is 16.5. The maximum Gasteiger partial charge on any atom is 0.274 e. The Morgan fingerprint density at radius 1 is 0.964 bits per heavy atom. The Morgan fingerprint density at radius 3 is 2.50 bits per heavy atom. The highest BCUT2D eigenvalue weighted by molar-refractivity contribution is 6.04. The summed E-state index contributed by atoms with van der Waals surface area (Å²) in [5.74, 6) is 0.0249. The molecule has 0 spiro atoms. The zero-order valence-corrected chi connectivity index (χ0v) is 15.4. The minimum atomic E-state index is -0.400. The Kier molecular flexibility index (Phi) is 6.30. The Morgan fingerprint density at radius 2 is 1.79 bits per heavy atom. The van der Waals surface area contributed by atoms with E-state index in [9.17, 15) is 9.59 Å². The Labute approximate surface area is 162 Å². The molecule has 0 aliphatic carbocycles. The first kappa shape index (κ1) is 19.0. The topological polar surface area (TPSA) is 93.2 Å². The summed E-state index contributed by atoms with van der Waals surface area (Å²) in [6.45, 7) is 2.78. The first-order chi connectivity index (χ1) is 13.7. The fraction of sp³-hybridized carbons (Fsp3) is 0.143. The zero-order valence-electron chi connectivity index (χ0n) is 15.4. The number of hydrogen-bond donors (Lipinski definition) is 2. The molecule has 0 fully saturated rings. The number of anilines is 1. The standard InChI is InChI=1S/C21H20N4O3/c1-2-28-18-8-6-16(7-9-18)25-21(27)19-13-15(10-12-23-19)20(26)24-14-17-5-3-4-11-22-17/h3-13H,2,14H2,1H3,(H,24,26)(H,25,27). The van der Waals surface area contributed by atoms with Crippen LogP contribution < -0.4 is 15.4 Å². The summed E-state index contributed by atoms with van der Waals surface area (Å²) in [7, 11) is 0. The lowest BCUT2D eigenvalue weighted by Gasteiger charge is -2.08. The van der Waals surface area contributed by atoms with Crippen molar-refractivity contribution in [2.45, 2.75) is 13.5 Å². The van der Waals surface area contributed by atoms with Gasteiger partial charge in [0.05, 0.1) is 18.8 Å². The molecule has 3 aromatic rings. The van der Waals surface area contributed by atoms with E-state index >= 15 is 0 Å². The second kappa shape index (κ2) is 9.27. The summed E-state index contributed by atoms with van der Waals surface area (Å²) in [4.78, 5) is 33.0. The summed E-state index contributed by atoms with van der Waals surface area (Å²) < 4.78 is 5.37. The first-order valence-corrected chi connectivity index (χ1v) is 8.84. The lowest BCUT2D eigenvalue weighted by Crippen LogP contribution is -2.24. The van der Waals surface area contributed by atoms with Gasteiger partial charge in [0.15, 0.2) is 0 Å². The van der Waals surface area contributed by atoms with E-state index in [2.05, 4.69) is 20.6 Å². The molecule has 28 heavy (non-hydrogen) atoms. The number of nitrogens with one attached hydrogen (secondary N) is 2. The van der Waals surface area contributed by atoms with E-state index in [1.807, 2.05) is 25.1 Å². The van der Waals surface area contributed by atoms with Gasteiger partial charge >= 0.3 is 0 Å². The second-order valence-electron chi connectivity index (χ2n) is 5.85. The third-order valence-electron chi connectivity index (χ3n) is 3.83. The first-order valence-electron chi connectivity index (χ1n) is 8.84. The number of nitrogens with zero attached hydrogens (tertiary/aromatic N) is 2. The highest BCUT2D eigenvalue weighted by Crippen LogP contribution is 2.16. The number of benzene rings is 1. The molecule has 0 saturated carbocycles. The van der Waals surface area contributed by atoms with Crippen LogP contribution in [0.1, 0.15) is 33.5 Å². The minimum absolute atomic E-state index is 0.152. The minimum Gasteiger partial charge on any atom is -0.494 e. The lowest BCUT2D eigenvalue weighted by atomic mass is 10.2. The molecule has 142 valence electrons. The zero-order chi connectivity index (χ0) is 19.8. The number of amides is 2. The predicted molar refractivity (Wildman–Crippen MR) is 105 cm³/mol. The van der Waals surface area contributed by atoms with Crippen molar-refractivity contribution in [3.05, 3.63) is 83.9 Å². The van der Waals surface area contributed by atoms with Crippen LogP contribution in [0.25, 0.3) is 0 Å². The molecule has 2 amide bonds. The van der Waals surface area contributed by atoms with Crippen molar-refractivity contribution in [2.75, 3.05) is 11.9 Å². The van der Waals surface area contributed by atoms with E-state index in [1.165, 1.54) is 12.3 Å². The van der Waals surface area contributed by atoms with Gasteiger partial charge in [0.1, 0.15) is 11.4 Å². The predicted octanol–water partition coefficient (Wildman–Crippen LogP) is 3.06. The molecular weight excluding hydrogens is 356 g/mol. The van der Waals surface area contributed by atoms with Crippen LogP contribution >= 0.6 is 0 Å². The summed E-state index contributed by atoms with van der Waals surface area (Å²) in [5, 5.41) is 5.53. The van der Waals surface area contributed by atoms with E-state index in [1.54, 1.807) is 36.5 Å². The Balaban J connectivity index is 1.63. The molecule has 0 bridgehead atoms. The van der Waals surface area contributed by atoms with E-state index in [0.717, 1.165) is 11.4 Å². The van der Waals surface area contributed by atoms with E-state index in [-0.39, 0.29) is 11.6 Å². The molecule has 0 aliphatic heterocycles. The van der Waals surface area contributed by atoms with Gasteiger partial charge in [-0.3, -0.25) is 19.6 Å². The summed E-state index contributed by atoms with van der Waals surface area (Å²) in [6, 6.07) is 15.5. The quantitative estimate of drug-likeness (QED) is 0.661. The van der Waals surface area contributed by atoms with Crippen LogP contribution in [0.4, 0.5) is 5.69 Å². The average molecular weight is 376 g/mol. The molecule has 0 saturated heterocycles. The molecule has 0 aliphatic rings.